The molecule has 2 saturated heterocycles. The summed E-state index contributed by atoms with van der Waals surface area (Å²) in [5, 5.41) is 2.89. The normalized spacial score (nSPS) is 22.6. The molecule has 4 N–H and O–H groups in total. The minimum atomic E-state index is -1.31. The summed E-state index contributed by atoms with van der Waals surface area (Å²) in [7, 11) is 1.52. The van der Waals surface area contributed by atoms with Crippen molar-refractivity contribution in [1.29, 1.82) is 0 Å². The molecule has 2 unspecified atom stereocenters. The van der Waals surface area contributed by atoms with E-state index in [1.54, 1.807) is 36.4 Å². The second kappa shape index (κ2) is 11.3. The van der Waals surface area contributed by atoms with Gasteiger partial charge in [-0.1, -0.05) is 32.0 Å². The van der Waals surface area contributed by atoms with Crippen LogP contribution in [0.5, 0.6) is 5.75 Å². The highest BCUT2D eigenvalue weighted by molar-refractivity contribution is 5.89. The van der Waals surface area contributed by atoms with E-state index in [9.17, 15) is 18.4 Å². The molecule has 2 aliphatic heterocycles. The molecule has 36 heavy (non-hydrogen) atoms. The van der Waals surface area contributed by atoms with E-state index in [4.69, 9.17) is 4.74 Å². The van der Waals surface area contributed by atoms with Crippen molar-refractivity contribution in [3.8, 4) is 5.75 Å². The molecule has 1 aromatic carbocycles. The number of alkyl halides is 1. The summed E-state index contributed by atoms with van der Waals surface area (Å²) in [6, 6.07) is 8.34. The fraction of sp³-hybridized carbons (Fsp3) is 0.480. The molecule has 2 aromatic rings. The molecule has 2 amide bonds. The van der Waals surface area contributed by atoms with Crippen LogP contribution in [0, 0.1) is 5.95 Å². The maximum absolute atomic E-state index is 14.8. The molecule has 4 atom stereocenters. The Morgan fingerprint density at radius 1 is 1.28 bits per heavy atom. The zero-order chi connectivity index (χ0) is 25.8. The molecule has 2 fully saturated rings. The van der Waals surface area contributed by atoms with Crippen LogP contribution in [-0.2, 0) is 9.59 Å². The van der Waals surface area contributed by atoms with Gasteiger partial charge in [-0.25, -0.2) is 20.2 Å². The highest BCUT2D eigenvalue weighted by Gasteiger charge is 2.41. The number of likely N-dealkylation sites (tertiary alicyclic amines) is 1. The Morgan fingerprint density at radius 3 is 2.75 bits per heavy atom. The minimum Gasteiger partial charge on any atom is -0.497 e. The molecule has 0 bridgehead atoms. The van der Waals surface area contributed by atoms with Crippen LogP contribution in [0.1, 0.15) is 55.5 Å². The monoisotopic (exact) mass is 502 g/mol. The Balaban J connectivity index is 1.60. The van der Waals surface area contributed by atoms with Gasteiger partial charge in [-0.3, -0.25) is 9.59 Å². The number of methoxy groups -OCH3 is 1. The first kappa shape index (κ1) is 25.9. The highest BCUT2D eigenvalue weighted by atomic mass is 19.1. The second-order valence-electron chi connectivity index (χ2n) is 9.44. The van der Waals surface area contributed by atoms with Crippen LogP contribution in [0.4, 0.5) is 8.78 Å². The van der Waals surface area contributed by atoms with Crippen LogP contribution in [0.2, 0.25) is 0 Å². The van der Waals surface area contributed by atoms with Gasteiger partial charge in [-0.15, -0.1) is 0 Å². The fourth-order valence-corrected chi connectivity index (χ4v) is 4.58. The van der Waals surface area contributed by atoms with Crippen LogP contribution >= 0.6 is 0 Å². The number of hydrogen-bond acceptors (Lipinski definition) is 7. The summed E-state index contributed by atoms with van der Waals surface area (Å²) in [6.45, 7) is 4.11. The number of hydrazine groups is 2. The lowest BCUT2D eigenvalue weighted by molar-refractivity contribution is -0.139. The Morgan fingerprint density at radius 2 is 2.08 bits per heavy atom. The number of nitrogens with zero attached hydrogens (tertiary/aromatic N) is 2. The SMILES string of the molecule is COc1cccc(C(NC(=O)[C@@H]2C[C@@H](F)CN2C(=O)CC2CNNN2)c2ccc(C(C)C)c(F)n2)c1. The summed E-state index contributed by atoms with van der Waals surface area (Å²) in [5.41, 5.74) is 9.88. The van der Waals surface area contributed by atoms with Crippen LogP contribution in [0.15, 0.2) is 36.4 Å². The number of rotatable bonds is 8. The van der Waals surface area contributed by atoms with Crippen LogP contribution < -0.4 is 26.4 Å². The van der Waals surface area contributed by atoms with Gasteiger partial charge >= 0.3 is 0 Å². The summed E-state index contributed by atoms with van der Waals surface area (Å²) >= 11 is 0. The molecule has 0 aliphatic carbocycles. The topological polar surface area (TPSA) is 108 Å². The molecule has 1 aromatic heterocycles. The third-order valence-electron chi connectivity index (χ3n) is 6.54. The summed E-state index contributed by atoms with van der Waals surface area (Å²) in [5.74, 6) is -0.962. The van der Waals surface area contributed by atoms with Crippen LogP contribution in [0.25, 0.3) is 0 Å². The first-order valence-corrected chi connectivity index (χ1v) is 12.0. The predicted molar refractivity (Wildman–Crippen MR) is 129 cm³/mol. The lowest BCUT2D eigenvalue weighted by atomic mass is 9.99. The third kappa shape index (κ3) is 5.80. The summed E-state index contributed by atoms with van der Waals surface area (Å²) in [4.78, 5) is 31.8. The number of benzene rings is 1. The molecule has 0 saturated carbocycles. The maximum atomic E-state index is 14.8. The molecular weight excluding hydrogens is 470 g/mol. The van der Waals surface area contributed by atoms with Gasteiger partial charge in [0.2, 0.25) is 17.8 Å². The summed E-state index contributed by atoms with van der Waals surface area (Å²) < 4.78 is 34.5. The number of carbonyl (C=O) groups excluding carboxylic acids is 2. The molecule has 0 radical (unpaired) electrons. The van der Waals surface area contributed by atoms with Crippen molar-refractivity contribution < 1.29 is 23.1 Å². The van der Waals surface area contributed by atoms with E-state index in [0.717, 1.165) is 0 Å². The van der Waals surface area contributed by atoms with Gasteiger partial charge in [0.15, 0.2) is 0 Å². The van der Waals surface area contributed by atoms with E-state index >= 15 is 0 Å². The van der Waals surface area contributed by atoms with Gasteiger partial charge in [0.1, 0.15) is 18.0 Å². The standard InChI is InChI=1S/C25H32F2N6O3/c1-14(2)19-7-8-20(29-24(19)27)23(15-5-4-6-18(9-15)36-3)30-25(35)21-10-16(26)13-33(21)22(34)11-17-12-28-32-31-17/h4-9,14,16-17,21,23,28,31-32H,10-13H2,1-3H3,(H,30,35)/t16-,17?,21+,23?/m1/s1. The van der Waals surface area contributed by atoms with Gasteiger partial charge in [-0.2, -0.15) is 9.93 Å². The first-order chi connectivity index (χ1) is 17.3. The lowest BCUT2D eigenvalue weighted by Gasteiger charge is -2.27. The number of amides is 2. The van der Waals surface area contributed by atoms with Gasteiger partial charge in [0, 0.05) is 31.0 Å². The van der Waals surface area contributed by atoms with Crippen LogP contribution in [0.3, 0.4) is 0 Å². The number of ether oxygens (including phenoxy) is 1. The van der Waals surface area contributed by atoms with Crippen molar-refractivity contribution in [3.05, 3.63) is 59.2 Å². The first-order valence-electron chi connectivity index (χ1n) is 12.0. The van der Waals surface area contributed by atoms with E-state index in [-0.39, 0.29) is 37.3 Å². The number of halogens is 2. The largest absolute Gasteiger partial charge is 0.497 e. The van der Waals surface area contributed by atoms with Gasteiger partial charge in [-0.05, 0) is 29.7 Å². The van der Waals surface area contributed by atoms with Crippen molar-refractivity contribution in [3.63, 3.8) is 0 Å². The van der Waals surface area contributed by atoms with E-state index in [0.29, 0.717) is 29.1 Å². The summed E-state index contributed by atoms with van der Waals surface area (Å²) in [6.07, 6.45) is -1.31. The zero-order valence-corrected chi connectivity index (χ0v) is 20.6. The second-order valence-corrected chi connectivity index (χ2v) is 9.44. The van der Waals surface area contributed by atoms with Crippen molar-refractivity contribution in [1.82, 2.24) is 31.6 Å². The Hall–Kier alpha value is -3.15. The lowest BCUT2D eigenvalue weighted by Crippen LogP contribution is -2.48. The number of aromatic nitrogens is 1. The van der Waals surface area contributed by atoms with Gasteiger partial charge in [0.05, 0.1) is 25.4 Å². The number of nitrogens with one attached hydrogen (secondary N) is 4. The third-order valence-corrected chi connectivity index (χ3v) is 6.54. The maximum Gasteiger partial charge on any atom is 0.243 e. The molecule has 0 spiro atoms. The number of hydrogen-bond donors (Lipinski definition) is 4. The number of carbonyl (C=O) groups is 2. The molecule has 2 aliphatic rings. The fourth-order valence-electron chi connectivity index (χ4n) is 4.58. The minimum absolute atomic E-state index is 0.0595. The highest BCUT2D eigenvalue weighted by Crippen LogP contribution is 2.28. The van der Waals surface area contributed by atoms with Gasteiger partial charge in [0.25, 0.3) is 0 Å². The molecule has 194 valence electrons. The molecular formula is C25H32F2N6O3. The van der Waals surface area contributed by atoms with E-state index in [1.165, 1.54) is 12.0 Å². The predicted octanol–water partition coefficient (Wildman–Crippen LogP) is 1.87. The Labute approximate surface area is 208 Å². The number of pyridine rings is 1. The molecule has 3 heterocycles. The molecule has 9 nitrogen and oxygen atoms in total. The zero-order valence-electron chi connectivity index (χ0n) is 20.6. The van der Waals surface area contributed by atoms with Crippen LogP contribution in [-0.4, -0.2) is 60.2 Å². The van der Waals surface area contributed by atoms with E-state index < -0.39 is 30.1 Å². The molecule has 11 heteroatoms. The van der Waals surface area contributed by atoms with Crippen molar-refractivity contribution >= 4 is 11.8 Å². The van der Waals surface area contributed by atoms with Crippen molar-refractivity contribution in [2.24, 2.45) is 0 Å². The van der Waals surface area contributed by atoms with Crippen molar-refractivity contribution in [2.45, 2.75) is 56.9 Å². The Bertz CT molecular complexity index is 1100. The smallest absolute Gasteiger partial charge is 0.243 e. The quantitative estimate of drug-likeness (QED) is 0.408. The van der Waals surface area contributed by atoms with Crippen molar-refractivity contribution in [2.75, 3.05) is 20.2 Å². The average Bonchev–Trinajstić information content (AvgIpc) is 3.51. The Kier molecular flexibility index (Phi) is 8.12. The average molecular weight is 503 g/mol. The van der Waals surface area contributed by atoms with E-state index in [2.05, 4.69) is 26.7 Å². The van der Waals surface area contributed by atoms with Gasteiger partial charge < -0.3 is 15.0 Å². The van der Waals surface area contributed by atoms with E-state index in [1.807, 2.05) is 13.8 Å². The molecule has 4 rings (SSSR count).